The molecule has 0 fully saturated rings. The molecule has 0 aliphatic carbocycles. The molecular formula is C24H18F3N3O2. The molecule has 4 rings (SSSR count). The molecule has 1 N–H and O–H groups in total. The number of nitrogens with one attached hydrogen (secondary N) is 1. The fraction of sp³-hybridized carbons (Fsp3) is 0.125. The molecule has 0 unspecified atom stereocenters. The largest absolute Gasteiger partial charge is 0.438 e. The number of fused-ring (bicyclic) bond motifs is 1. The zero-order valence-electron chi connectivity index (χ0n) is 16.9. The molecule has 3 aromatic carbocycles. The van der Waals surface area contributed by atoms with Crippen LogP contribution in [0, 0.1) is 0 Å². The number of carbonyl (C=O) groups is 1. The highest BCUT2D eigenvalue weighted by atomic mass is 19.4. The fourth-order valence-electron chi connectivity index (χ4n) is 3.54. The highest BCUT2D eigenvalue weighted by Gasteiger charge is 2.38. The van der Waals surface area contributed by atoms with Crippen LogP contribution in [-0.4, -0.2) is 15.5 Å². The number of aromatic nitrogens is 2. The van der Waals surface area contributed by atoms with Gasteiger partial charge in [0, 0.05) is 11.3 Å². The number of hydrogen-bond donors (Lipinski definition) is 1. The molecule has 1 atom stereocenters. The molecule has 5 nitrogen and oxygen atoms in total. The van der Waals surface area contributed by atoms with Crippen LogP contribution < -0.4 is 10.9 Å². The monoisotopic (exact) mass is 437 g/mol. The van der Waals surface area contributed by atoms with Gasteiger partial charge in [0.25, 0.3) is 5.56 Å². The number of halogens is 3. The minimum Gasteiger partial charge on any atom is -0.324 e. The second-order valence-electron chi connectivity index (χ2n) is 7.20. The van der Waals surface area contributed by atoms with Crippen LogP contribution in [0.3, 0.4) is 0 Å². The van der Waals surface area contributed by atoms with Gasteiger partial charge in [-0.2, -0.15) is 13.2 Å². The topological polar surface area (TPSA) is 64.0 Å². The minimum absolute atomic E-state index is 0.0243. The van der Waals surface area contributed by atoms with E-state index in [0.717, 1.165) is 15.7 Å². The normalized spacial score (nSPS) is 12.5. The molecule has 0 radical (unpaired) electrons. The molecule has 1 heterocycles. The molecule has 0 spiro atoms. The third kappa shape index (κ3) is 3.99. The lowest BCUT2D eigenvalue weighted by Crippen LogP contribution is -2.36. The summed E-state index contributed by atoms with van der Waals surface area (Å²) in [6, 6.07) is 21.1. The Bertz CT molecular complexity index is 1350. The van der Waals surface area contributed by atoms with Gasteiger partial charge in [-0.15, -0.1) is 0 Å². The summed E-state index contributed by atoms with van der Waals surface area (Å²) >= 11 is 0. The number of amides is 1. The molecule has 32 heavy (non-hydrogen) atoms. The average molecular weight is 437 g/mol. The smallest absolute Gasteiger partial charge is 0.324 e. The van der Waals surface area contributed by atoms with Crippen molar-refractivity contribution in [3.05, 3.63) is 94.9 Å². The van der Waals surface area contributed by atoms with Crippen molar-refractivity contribution in [3.63, 3.8) is 0 Å². The number of nitrogens with zero attached hydrogens (tertiary/aromatic N) is 2. The van der Waals surface area contributed by atoms with E-state index in [1.165, 1.54) is 25.1 Å². The Morgan fingerprint density at radius 3 is 2.28 bits per heavy atom. The lowest BCUT2D eigenvalue weighted by molar-refractivity contribution is -0.142. The van der Waals surface area contributed by atoms with Crippen LogP contribution in [0.1, 0.15) is 18.7 Å². The van der Waals surface area contributed by atoms with Gasteiger partial charge in [-0.05, 0) is 30.7 Å². The van der Waals surface area contributed by atoms with Gasteiger partial charge < -0.3 is 5.32 Å². The van der Waals surface area contributed by atoms with E-state index in [-0.39, 0.29) is 11.0 Å². The van der Waals surface area contributed by atoms with E-state index >= 15 is 0 Å². The zero-order chi connectivity index (χ0) is 22.9. The number of alkyl halides is 3. The SMILES string of the molecule is C[C@H](C(=O)Nc1ccccc1-c1ccccc1)n1c(=O)c(C(F)(F)F)nc2ccccc21. The van der Waals surface area contributed by atoms with E-state index < -0.39 is 29.4 Å². The third-order valence-corrected chi connectivity index (χ3v) is 5.10. The van der Waals surface area contributed by atoms with Crippen molar-refractivity contribution in [2.75, 3.05) is 5.32 Å². The van der Waals surface area contributed by atoms with E-state index in [9.17, 15) is 22.8 Å². The first kappa shape index (κ1) is 21.3. The van der Waals surface area contributed by atoms with Crippen LogP contribution in [0.4, 0.5) is 18.9 Å². The molecule has 8 heteroatoms. The summed E-state index contributed by atoms with van der Waals surface area (Å²) in [4.78, 5) is 29.3. The number of carbonyl (C=O) groups excluding carboxylic acids is 1. The fourth-order valence-corrected chi connectivity index (χ4v) is 3.54. The Kier molecular flexibility index (Phi) is 5.52. The van der Waals surface area contributed by atoms with Crippen LogP contribution >= 0.6 is 0 Å². The molecule has 0 saturated heterocycles. The summed E-state index contributed by atoms with van der Waals surface area (Å²) in [6.07, 6.45) is -4.95. The number of benzene rings is 3. The second kappa shape index (κ2) is 8.30. The summed E-state index contributed by atoms with van der Waals surface area (Å²) in [6.45, 7) is 1.38. The summed E-state index contributed by atoms with van der Waals surface area (Å²) in [5.41, 5.74) is -0.708. The van der Waals surface area contributed by atoms with Gasteiger partial charge in [0.15, 0.2) is 0 Å². The Hall–Kier alpha value is -3.94. The summed E-state index contributed by atoms with van der Waals surface area (Å²) in [5, 5.41) is 2.76. The second-order valence-corrected chi connectivity index (χ2v) is 7.20. The van der Waals surface area contributed by atoms with Crippen molar-refractivity contribution >= 4 is 22.6 Å². The van der Waals surface area contributed by atoms with Gasteiger partial charge >= 0.3 is 6.18 Å². The van der Waals surface area contributed by atoms with Crippen LogP contribution in [0.5, 0.6) is 0 Å². The standard InChI is InChI=1S/C24H18F3N3O2/c1-15(22(31)29-18-12-6-5-11-17(18)16-9-3-2-4-10-16)30-20-14-8-7-13-19(20)28-21(23(30)32)24(25,26)27/h2-15H,1H3,(H,29,31)/t15-/m1/s1. The van der Waals surface area contributed by atoms with Crippen molar-refractivity contribution in [3.8, 4) is 11.1 Å². The molecule has 1 aromatic heterocycles. The Labute approximate surface area is 181 Å². The average Bonchev–Trinajstić information content (AvgIpc) is 2.78. The van der Waals surface area contributed by atoms with Crippen molar-refractivity contribution < 1.29 is 18.0 Å². The summed E-state index contributed by atoms with van der Waals surface area (Å²) < 4.78 is 41.1. The molecule has 1 amide bonds. The molecule has 0 bridgehead atoms. The molecular weight excluding hydrogens is 419 g/mol. The maximum absolute atomic E-state index is 13.4. The molecule has 4 aromatic rings. The molecule has 0 saturated carbocycles. The maximum Gasteiger partial charge on any atom is 0.438 e. The van der Waals surface area contributed by atoms with E-state index in [0.29, 0.717) is 5.69 Å². The maximum atomic E-state index is 13.4. The Morgan fingerprint density at radius 2 is 1.56 bits per heavy atom. The van der Waals surface area contributed by atoms with Gasteiger partial charge in [0.05, 0.1) is 11.0 Å². The van der Waals surface area contributed by atoms with Crippen LogP contribution in [0.25, 0.3) is 22.2 Å². The van der Waals surface area contributed by atoms with Crippen molar-refractivity contribution in [2.24, 2.45) is 0 Å². The van der Waals surface area contributed by atoms with Crippen molar-refractivity contribution in [1.82, 2.24) is 9.55 Å². The van der Waals surface area contributed by atoms with Gasteiger partial charge in [-0.1, -0.05) is 60.7 Å². The highest BCUT2D eigenvalue weighted by Crippen LogP contribution is 2.30. The molecule has 0 aliphatic heterocycles. The molecule has 0 aliphatic rings. The first-order valence-electron chi connectivity index (χ1n) is 9.81. The minimum atomic E-state index is -4.95. The Balaban J connectivity index is 1.77. The van der Waals surface area contributed by atoms with Crippen LogP contribution in [0.2, 0.25) is 0 Å². The summed E-state index contributed by atoms with van der Waals surface area (Å²) in [5.74, 6) is -0.625. The number of anilines is 1. The van der Waals surface area contributed by atoms with E-state index in [1.54, 1.807) is 18.2 Å². The lowest BCUT2D eigenvalue weighted by Gasteiger charge is -2.20. The first-order chi connectivity index (χ1) is 15.3. The van der Waals surface area contributed by atoms with Gasteiger partial charge in [0.1, 0.15) is 6.04 Å². The van der Waals surface area contributed by atoms with Crippen LogP contribution in [0.15, 0.2) is 83.7 Å². The number of hydrogen-bond acceptors (Lipinski definition) is 3. The highest BCUT2D eigenvalue weighted by molar-refractivity contribution is 5.98. The zero-order valence-corrected chi connectivity index (χ0v) is 16.9. The van der Waals surface area contributed by atoms with Crippen molar-refractivity contribution in [2.45, 2.75) is 19.1 Å². The van der Waals surface area contributed by atoms with E-state index in [2.05, 4.69) is 10.3 Å². The number of para-hydroxylation sites is 3. The Morgan fingerprint density at radius 1 is 0.938 bits per heavy atom. The van der Waals surface area contributed by atoms with Gasteiger partial charge in [-0.25, -0.2) is 4.98 Å². The predicted molar refractivity (Wildman–Crippen MR) is 116 cm³/mol. The summed E-state index contributed by atoms with van der Waals surface area (Å²) in [7, 11) is 0. The quantitative estimate of drug-likeness (QED) is 0.472. The lowest BCUT2D eigenvalue weighted by atomic mass is 10.0. The van der Waals surface area contributed by atoms with E-state index in [1.807, 2.05) is 42.5 Å². The predicted octanol–water partition coefficient (Wildman–Crippen LogP) is 5.28. The molecule has 162 valence electrons. The van der Waals surface area contributed by atoms with E-state index in [4.69, 9.17) is 0 Å². The van der Waals surface area contributed by atoms with Gasteiger partial charge in [0.2, 0.25) is 11.6 Å². The first-order valence-corrected chi connectivity index (χ1v) is 9.81. The van der Waals surface area contributed by atoms with Crippen LogP contribution in [-0.2, 0) is 11.0 Å². The van der Waals surface area contributed by atoms with Gasteiger partial charge in [-0.3, -0.25) is 14.2 Å². The third-order valence-electron chi connectivity index (χ3n) is 5.10. The van der Waals surface area contributed by atoms with Crippen molar-refractivity contribution in [1.29, 1.82) is 0 Å². The number of rotatable bonds is 4.